The fourth-order valence-corrected chi connectivity index (χ4v) is 2.76. The number of amides is 1. The number of aromatic nitrogens is 2. The molecule has 2 aromatic carbocycles. The molecule has 142 valence electrons. The van der Waals surface area contributed by atoms with Gasteiger partial charge >= 0.3 is 0 Å². The molecule has 0 fully saturated rings. The number of ketones is 1. The highest BCUT2D eigenvalue weighted by Crippen LogP contribution is 2.07. The van der Waals surface area contributed by atoms with Gasteiger partial charge in [-0.25, -0.2) is 9.97 Å². The van der Waals surface area contributed by atoms with Crippen molar-refractivity contribution in [2.24, 2.45) is 0 Å². The average molecular weight is 374 g/mol. The summed E-state index contributed by atoms with van der Waals surface area (Å²) < 4.78 is 0. The van der Waals surface area contributed by atoms with E-state index >= 15 is 0 Å². The normalized spacial score (nSPS) is 10.4. The summed E-state index contributed by atoms with van der Waals surface area (Å²) in [5.41, 5.74) is 9.78. The molecule has 0 aliphatic heterocycles. The highest BCUT2D eigenvalue weighted by atomic mass is 16.2. The second kappa shape index (κ2) is 9.41. The number of nitrogens with one attached hydrogen (secondary N) is 1. The lowest BCUT2D eigenvalue weighted by Gasteiger charge is -2.06. The van der Waals surface area contributed by atoms with Crippen LogP contribution in [0.2, 0.25) is 0 Å². The average Bonchev–Trinajstić information content (AvgIpc) is 2.72. The Bertz CT molecular complexity index is 940. The topological polar surface area (TPSA) is 98.0 Å². The molecule has 0 atom stereocenters. The number of hydrogen-bond acceptors (Lipinski definition) is 5. The smallest absolute Gasteiger partial charge is 0.288 e. The van der Waals surface area contributed by atoms with Gasteiger partial charge in [-0.3, -0.25) is 9.59 Å². The van der Waals surface area contributed by atoms with Crippen molar-refractivity contribution in [1.29, 1.82) is 0 Å². The first-order valence-corrected chi connectivity index (χ1v) is 9.09. The molecular formula is C22H22N4O2. The zero-order valence-corrected chi connectivity index (χ0v) is 15.5. The van der Waals surface area contributed by atoms with E-state index in [4.69, 9.17) is 5.73 Å². The molecule has 0 aliphatic rings. The fraction of sp³-hybridized carbons (Fsp3) is 0.182. The minimum absolute atomic E-state index is 0.0472. The van der Waals surface area contributed by atoms with Crippen molar-refractivity contribution in [2.75, 3.05) is 5.73 Å². The van der Waals surface area contributed by atoms with Crippen LogP contribution in [0, 0.1) is 0 Å². The van der Waals surface area contributed by atoms with E-state index in [1.54, 1.807) is 18.2 Å². The summed E-state index contributed by atoms with van der Waals surface area (Å²) in [4.78, 5) is 32.6. The zero-order chi connectivity index (χ0) is 19.8. The van der Waals surface area contributed by atoms with Gasteiger partial charge in [0, 0.05) is 17.9 Å². The number of nitrogens with zero attached hydrogens (tertiary/aromatic N) is 2. The monoisotopic (exact) mass is 374 g/mol. The first kappa shape index (κ1) is 19.2. The highest BCUT2D eigenvalue weighted by Gasteiger charge is 2.15. The van der Waals surface area contributed by atoms with Gasteiger partial charge < -0.3 is 11.1 Å². The summed E-state index contributed by atoms with van der Waals surface area (Å²) in [6, 6.07) is 19.0. The second-order valence-corrected chi connectivity index (χ2v) is 6.51. The van der Waals surface area contributed by atoms with E-state index in [0.29, 0.717) is 11.4 Å². The maximum atomic E-state index is 12.2. The Labute approximate surface area is 163 Å². The van der Waals surface area contributed by atoms with Crippen LogP contribution in [0.4, 0.5) is 5.69 Å². The van der Waals surface area contributed by atoms with Crippen molar-refractivity contribution in [2.45, 2.75) is 25.8 Å². The Hall–Kier alpha value is -3.54. The number of Topliss-reactive ketones (excluding diaryl/α,β-unsaturated/α-hetero) is 1. The summed E-state index contributed by atoms with van der Waals surface area (Å²) in [5, 5.41) is 2.63. The van der Waals surface area contributed by atoms with Gasteiger partial charge in [0.05, 0.1) is 12.1 Å². The molecule has 28 heavy (non-hydrogen) atoms. The summed E-state index contributed by atoms with van der Waals surface area (Å²) in [6.45, 7) is 0.275. The van der Waals surface area contributed by atoms with Crippen LogP contribution in [0.15, 0.2) is 67.0 Å². The number of rotatable bonds is 8. The Balaban J connectivity index is 1.51. The molecule has 0 saturated carbocycles. The van der Waals surface area contributed by atoms with E-state index in [-0.39, 0.29) is 13.0 Å². The number of carbonyl (C=O) groups is 2. The molecule has 3 rings (SSSR count). The molecule has 3 aromatic rings. The predicted molar refractivity (Wildman–Crippen MR) is 107 cm³/mol. The number of anilines is 1. The lowest BCUT2D eigenvalue weighted by Crippen LogP contribution is -2.31. The molecule has 0 spiro atoms. The van der Waals surface area contributed by atoms with Crippen molar-refractivity contribution in [3.05, 3.63) is 89.5 Å². The first-order chi connectivity index (χ1) is 13.6. The van der Waals surface area contributed by atoms with Crippen LogP contribution in [-0.2, 0) is 35.4 Å². The zero-order valence-electron chi connectivity index (χ0n) is 15.5. The van der Waals surface area contributed by atoms with Gasteiger partial charge in [0.1, 0.15) is 6.33 Å². The van der Waals surface area contributed by atoms with Crippen LogP contribution in [0.3, 0.4) is 0 Å². The molecule has 0 unspecified atom stereocenters. The van der Waals surface area contributed by atoms with Crippen molar-refractivity contribution in [1.82, 2.24) is 15.3 Å². The third kappa shape index (κ3) is 5.74. The van der Waals surface area contributed by atoms with E-state index in [0.717, 1.165) is 24.1 Å². The maximum absolute atomic E-state index is 12.2. The molecule has 6 heteroatoms. The van der Waals surface area contributed by atoms with Crippen LogP contribution >= 0.6 is 0 Å². The lowest BCUT2D eigenvalue weighted by atomic mass is 10.1. The second-order valence-electron chi connectivity index (χ2n) is 6.51. The van der Waals surface area contributed by atoms with Gasteiger partial charge in [-0.1, -0.05) is 42.5 Å². The van der Waals surface area contributed by atoms with Crippen LogP contribution in [0.25, 0.3) is 0 Å². The fourth-order valence-electron chi connectivity index (χ4n) is 2.76. The van der Waals surface area contributed by atoms with Crippen LogP contribution in [0.5, 0.6) is 0 Å². The number of aryl methyl sites for hydroxylation is 2. The summed E-state index contributed by atoms with van der Waals surface area (Å²) >= 11 is 0. The van der Waals surface area contributed by atoms with Crippen LogP contribution in [0.1, 0.15) is 22.5 Å². The SMILES string of the molecule is Nc1ccc(CNC(=O)C(=O)Cc2cc(CCc3ccccc3)ncn2)cc1. The molecule has 0 radical (unpaired) electrons. The van der Waals surface area contributed by atoms with Crippen molar-refractivity contribution in [3.8, 4) is 0 Å². The lowest BCUT2D eigenvalue weighted by molar-refractivity contribution is -0.137. The minimum Gasteiger partial charge on any atom is -0.399 e. The number of hydrogen-bond donors (Lipinski definition) is 2. The Morgan fingerprint density at radius 1 is 0.857 bits per heavy atom. The Morgan fingerprint density at radius 2 is 1.57 bits per heavy atom. The molecule has 3 N–H and O–H groups in total. The number of nitrogens with two attached hydrogens (primary N) is 1. The highest BCUT2D eigenvalue weighted by molar-refractivity contribution is 6.36. The Kier molecular flexibility index (Phi) is 6.46. The number of benzene rings is 2. The number of carbonyl (C=O) groups excluding carboxylic acids is 2. The van der Waals surface area contributed by atoms with Crippen molar-refractivity contribution >= 4 is 17.4 Å². The van der Waals surface area contributed by atoms with E-state index < -0.39 is 11.7 Å². The minimum atomic E-state index is -0.624. The summed E-state index contributed by atoms with van der Waals surface area (Å²) in [5.74, 6) is -1.15. The van der Waals surface area contributed by atoms with E-state index in [2.05, 4.69) is 27.4 Å². The largest absolute Gasteiger partial charge is 0.399 e. The Morgan fingerprint density at radius 3 is 2.32 bits per heavy atom. The number of nitrogen functional groups attached to an aromatic ring is 1. The third-order valence-electron chi connectivity index (χ3n) is 4.32. The molecule has 0 bridgehead atoms. The van der Waals surface area contributed by atoms with Crippen molar-refractivity contribution < 1.29 is 9.59 Å². The van der Waals surface area contributed by atoms with Crippen LogP contribution in [-0.4, -0.2) is 21.7 Å². The summed E-state index contributed by atoms with van der Waals surface area (Å²) in [6.07, 6.45) is 2.99. The van der Waals surface area contributed by atoms with Crippen molar-refractivity contribution in [3.63, 3.8) is 0 Å². The maximum Gasteiger partial charge on any atom is 0.288 e. The standard InChI is InChI=1S/C22H22N4O2/c23-18-9-6-17(7-10-18)14-24-22(28)21(27)13-20-12-19(25-15-26-20)11-8-16-4-2-1-3-5-16/h1-7,9-10,12,15H,8,11,13-14,23H2,(H,24,28). The molecule has 1 heterocycles. The van der Waals surface area contributed by atoms with Gasteiger partial charge in [-0.15, -0.1) is 0 Å². The first-order valence-electron chi connectivity index (χ1n) is 9.09. The van der Waals surface area contributed by atoms with Gasteiger partial charge in [0.25, 0.3) is 5.91 Å². The molecule has 1 amide bonds. The van der Waals surface area contributed by atoms with E-state index in [1.165, 1.54) is 11.9 Å². The predicted octanol–water partition coefficient (Wildman–Crippen LogP) is 2.27. The van der Waals surface area contributed by atoms with E-state index in [1.807, 2.05) is 30.3 Å². The van der Waals surface area contributed by atoms with Gasteiger partial charge in [-0.05, 0) is 42.2 Å². The van der Waals surface area contributed by atoms with Gasteiger partial charge in [-0.2, -0.15) is 0 Å². The van der Waals surface area contributed by atoms with Gasteiger partial charge in [0.2, 0.25) is 5.78 Å². The molecular weight excluding hydrogens is 352 g/mol. The molecule has 0 saturated heterocycles. The third-order valence-corrected chi connectivity index (χ3v) is 4.32. The molecule has 0 aliphatic carbocycles. The van der Waals surface area contributed by atoms with Gasteiger partial charge in [0.15, 0.2) is 0 Å². The molecule has 6 nitrogen and oxygen atoms in total. The summed E-state index contributed by atoms with van der Waals surface area (Å²) in [7, 11) is 0. The quantitative estimate of drug-likeness (QED) is 0.466. The molecule has 1 aromatic heterocycles. The van der Waals surface area contributed by atoms with Crippen LogP contribution < -0.4 is 11.1 Å². The van der Waals surface area contributed by atoms with E-state index in [9.17, 15) is 9.59 Å².